The Morgan fingerprint density at radius 1 is 0.870 bits per heavy atom. The van der Waals surface area contributed by atoms with E-state index in [1.165, 1.54) is 11.1 Å². The van der Waals surface area contributed by atoms with E-state index >= 15 is 0 Å². The summed E-state index contributed by atoms with van der Waals surface area (Å²) in [7, 11) is 0. The van der Waals surface area contributed by atoms with Crippen molar-refractivity contribution in [2.45, 2.75) is 25.9 Å². The molecule has 0 spiro atoms. The minimum absolute atomic E-state index is 0.0135. The number of rotatable bonds is 8. The molecule has 0 amide bonds. The summed E-state index contributed by atoms with van der Waals surface area (Å²) in [6.45, 7) is 4.82. The van der Waals surface area contributed by atoms with Crippen LogP contribution in [0.25, 0.3) is 0 Å². The zero-order valence-electron chi connectivity index (χ0n) is 13.7. The number of ether oxygens (including phenoxy) is 2. The average molecular weight is 316 g/mol. The van der Waals surface area contributed by atoms with E-state index in [4.69, 9.17) is 19.7 Å². The van der Waals surface area contributed by atoms with Crippen LogP contribution in [0.2, 0.25) is 0 Å². The minimum Gasteiger partial charge on any atom is -0.491 e. The quantitative estimate of drug-likeness (QED) is 0.735. The first-order valence-corrected chi connectivity index (χ1v) is 7.70. The summed E-state index contributed by atoms with van der Waals surface area (Å²) in [4.78, 5) is 0. The van der Waals surface area contributed by atoms with Gasteiger partial charge in [-0.1, -0.05) is 50.2 Å². The zero-order chi connectivity index (χ0) is 16.7. The zero-order valence-corrected chi connectivity index (χ0v) is 13.7. The van der Waals surface area contributed by atoms with E-state index in [2.05, 4.69) is 38.1 Å². The first-order valence-electron chi connectivity index (χ1n) is 7.70. The summed E-state index contributed by atoms with van der Waals surface area (Å²) in [5, 5.41) is 17.5. The number of aliphatic hydroxyl groups is 2. The highest BCUT2D eigenvalue weighted by molar-refractivity contribution is 5.40. The Hall–Kier alpha value is -1.88. The largest absolute Gasteiger partial charge is 0.491 e. The standard InChI is InChI=1S/C19H24O4/c1-19(2,16-5-3-15(4-6-16)13-22-14-21)17-7-9-18(10-8-17)23-12-11-20/h3-10,20-21H,11-14H2,1-2H3. The third-order valence-corrected chi connectivity index (χ3v) is 3.97. The molecule has 2 rings (SSSR count). The molecule has 2 aromatic carbocycles. The highest BCUT2D eigenvalue weighted by Gasteiger charge is 2.22. The molecule has 4 nitrogen and oxygen atoms in total. The van der Waals surface area contributed by atoms with Crippen molar-refractivity contribution >= 4 is 0 Å². The Kier molecular flexibility index (Phi) is 6.16. The monoisotopic (exact) mass is 316 g/mol. The second kappa shape index (κ2) is 8.11. The van der Waals surface area contributed by atoms with Crippen molar-refractivity contribution in [3.05, 3.63) is 65.2 Å². The van der Waals surface area contributed by atoms with Crippen molar-refractivity contribution in [1.29, 1.82) is 0 Å². The molecule has 0 saturated heterocycles. The molecule has 4 heteroatoms. The second-order valence-corrected chi connectivity index (χ2v) is 5.90. The second-order valence-electron chi connectivity index (χ2n) is 5.90. The first kappa shape index (κ1) is 17.5. The lowest BCUT2D eigenvalue weighted by molar-refractivity contribution is -0.0112. The summed E-state index contributed by atoms with van der Waals surface area (Å²) >= 11 is 0. The van der Waals surface area contributed by atoms with Gasteiger partial charge in [0.05, 0.1) is 13.2 Å². The summed E-state index contributed by atoms with van der Waals surface area (Å²) in [6.07, 6.45) is 0. The van der Waals surface area contributed by atoms with Crippen molar-refractivity contribution in [3.8, 4) is 5.75 Å². The maximum absolute atomic E-state index is 8.79. The lowest BCUT2D eigenvalue weighted by atomic mass is 9.78. The molecule has 0 aliphatic carbocycles. The van der Waals surface area contributed by atoms with Crippen LogP contribution in [0.15, 0.2) is 48.5 Å². The van der Waals surface area contributed by atoms with Crippen LogP contribution in [0.3, 0.4) is 0 Å². The summed E-state index contributed by atoms with van der Waals surface area (Å²) in [5.74, 6) is 0.759. The van der Waals surface area contributed by atoms with Crippen molar-refractivity contribution in [2.75, 3.05) is 20.0 Å². The van der Waals surface area contributed by atoms with Crippen LogP contribution in [-0.4, -0.2) is 30.2 Å². The van der Waals surface area contributed by atoms with Gasteiger partial charge in [0, 0.05) is 5.41 Å². The Bertz CT molecular complexity index is 534. The smallest absolute Gasteiger partial charge is 0.144 e. The molecule has 2 N–H and O–H groups in total. The predicted molar refractivity (Wildman–Crippen MR) is 89.5 cm³/mol. The maximum atomic E-state index is 8.79. The Morgan fingerprint density at radius 2 is 1.43 bits per heavy atom. The highest BCUT2D eigenvalue weighted by atomic mass is 16.6. The normalized spacial score (nSPS) is 11.5. The molecule has 0 atom stereocenters. The van der Waals surface area contributed by atoms with E-state index in [1.54, 1.807) is 0 Å². The van der Waals surface area contributed by atoms with Gasteiger partial charge in [0.1, 0.15) is 19.1 Å². The molecule has 0 fully saturated rings. The molecule has 0 unspecified atom stereocenters. The van der Waals surface area contributed by atoms with Crippen molar-refractivity contribution in [3.63, 3.8) is 0 Å². The minimum atomic E-state index is -0.266. The Morgan fingerprint density at radius 3 is 1.96 bits per heavy atom. The molecular weight excluding hydrogens is 292 g/mol. The predicted octanol–water partition coefficient (Wildman–Crippen LogP) is 2.85. The van der Waals surface area contributed by atoms with Crippen molar-refractivity contribution in [2.24, 2.45) is 0 Å². The van der Waals surface area contributed by atoms with Gasteiger partial charge in [0.2, 0.25) is 0 Å². The van der Waals surface area contributed by atoms with Gasteiger partial charge in [-0.15, -0.1) is 0 Å². The maximum Gasteiger partial charge on any atom is 0.144 e. The molecule has 0 radical (unpaired) electrons. The van der Waals surface area contributed by atoms with Crippen LogP contribution in [0, 0.1) is 0 Å². The van der Waals surface area contributed by atoms with Crippen LogP contribution in [0.5, 0.6) is 5.75 Å². The third-order valence-electron chi connectivity index (χ3n) is 3.97. The SMILES string of the molecule is CC(C)(c1ccc(COCO)cc1)c1ccc(OCCO)cc1. The molecule has 0 saturated carbocycles. The van der Waals surface area contributed by atoms with Crippen LogP contribution in [0.4, 0.5) is 0 Å². The Labute approximate surface area is 137 Å². The lowest BCUT2D eigenvalue weighted by Gasteiger charge is -2.26. The lowest BCUT2D eigenvalue weighted by Crippen LogP contribution is -2.18. The van der Waals surface area contributed by atoms with Gasteiger partial charge < -0.3 is 19.7 Å². The number of aliphatic hydroxyl groups excluding tert-OH is 2. The first-order chi connectivity index (χ1) is 11.1. The highest BCUT2D eigenvalue weighted by Crippen LogP contribution is 2.32. The topological polar surface area (TPSA) is 58.9 Å². The van der Waals surface area contributed by atoms with Gasteiger partial charge >= 0.3 is 0 Å². The molecular formula is C19H24O4. The summed E-state index contributed by atoms with van der Waals surface area (Å²) < 4.78 is 10.4. The van der Waals surface area contributed by atoms with Gasteiger partial charge in [-0.25, -0.2) is 0 Å². The molecule has 0 aromatic heterocycles. The molecule has 0 heterocycles. The molecule has 2 aromatic rings. The summed E-state index contributed by atoms with van der Waals surface area (Å²) in [5.41, 5.74) is 3.29. The number of hydrogen-bond donors (Lipinski definition) is 2. The molecule has 0 aliphatic rings. The van der Waals surface area contributed by atoms with E-state index < -0.39 is 0 Å². The fourth-order valence-electron chi connectivity index (χ4n) is 2.48. The molecule has 0 bridgehead atoms. The van der Waals surface area contributed by atoms with Gasteiger partial charge in [0.25, 0.3) is 0 Å². The fourth-order valence-corrected chi connectivity index (χ4v) is 2.48. The third kappa shape index (κ3) is 4.55. The van der Waals surface area contributed by atoms with Crippen LogP contribution >= 0.6 is 0 Å². The van der Waals surface area contributed by atoms with E-state index in [-0.39, 0.29) is 18.8 Å². The fraction of sp³-hybridized carbons (Fsp3) is 0.368. The molecule has 0 aliphatic heterocycles. The van der Waals surface area contributed by atoms with Gasteiger partial charge in [-0.3, -0.25) is 0 Å². The van der Waals surface area contributed by atoms with E-state index in [9.17, 15) is 0 Å². The van der Waals surface area contributed by atoms with Gasteiger partial charge in [-0.05, 0) is 28.8 Å². The van der Waals surface area contributed by atoms with Crippen LogP contribution in [0.1, 0.15) is 30.5 Å². The van der Waals surface area contributed by atoms with Gasteiger partial charge in [-0.2, -0.15) is 0 Å². The van der Waals surface area contributed by atoms with Gasteiger partial charge in [0.15, 0.2) is 0 Å². The number of hydrogen-bond acceptors (Lipinski definition) is 4. The molecule has 124 valence electrons. The molecule has 23 heavy (non-hydrogen) atoms. The van der Waals surface area contributed by atoms with E-state index in [0.29, 0.717) is 13.2 Å². The average Bonchev–Trinajstić information content (AvgIpc) is 2.59. The van der Waals surface area contributed by atoms with Crippen molar-refractivity contribution < 1.29 is 19.7 Å². The van der Waals surface area contributed by atoms with E-state index in [1.807, 2.05) is 24.3 Å². The van der Waals surface area contributed by atoms with Crippen LogP contribution < -0.4 is 4.74 Å². The summed E-state index contributed by atoms with van der Waals surface area (Å²) in [6, 6.07) is 16.2. The number of benzene rings is 2. The van der Waals surface area contributed by atoms with E-state index in [0.717, 1.165) is 11.3 Å². The van der Waals surface area contributed by atoms with Crippen LogP contribution in [-0.2, 0) is 16.8 Å². The Balaban J connectivity index is 2.13. The van der Waals surface area contributed by atoms with Crippen molar-refractivity contribution in [1.82, 2.24) is 0 Å².